The van der Waals surface area contributed by atoms with Crippen LogP contribution in [0.3, 0.4) is 0 Å². The van der Waals surface area contributed by atoms with Crippen molar-refractivity contribution in [2.24, 2.45) is 0 Å². The quantitative estimate of drug-likeness (QED) is 0.825. The highest BCUT2D eigenvalue weighted by molar-refractivity contribution is 7.89. The minimum absolute atomic E-state index is 0.0275. The Hall–Kier alpha value is -1.38. The van der Waals surface area contributed by atoms with Crippen molar-refractivity contribution < 1.29 is 21.6 Å². The predicted octanol–water partition coefficient (Wildman–Crippen LogP) is 1.30. The van der Waals surface area contributed by atoms with Gasteiger partial charge in [-0.2, -0.15) is 0 Å². The van der Waals surface area contributed by atoms with Gasteiger partial charge in [0.15, 0.2) is 4.90 Å². The number of rotatable bonds is 4. The molecule has 0 radical (unpaired) electrons. The molecule has 0 saturated heterocycles. The molecule has 0 bridgehead atoms. The van der Waals surface area contributed by atoms with E-state index in [2.05, 4.69) is 10.0 Å². The Morgan fingerprint density at radius 2 is 1.85 bits per heavy atom. The molecule has 20 heavy (non-hydrogen) atoms. The molecule has 1 aromatic carbocycles. The van der Waals surface area contributed by atoms with Crippen molar-refractivity contribution >= 4 is 10.0 Å². The fourth-order valence-electron chi connectivity index (χ4n) is 1.88. The fraction of sp³-hybridized carbons (Fsp3) is 0.333. The van der Waals surface area contributed by atoms with Gasteiger partial charge in [0.2, 0.25) is 10.0 Å². The summed E-state index contributed by atoms with van der Waals surface area (Å²) in [6, 6.07) is 0.670. The van der Waals surface area contributed by atoms with Crippen molar-refractivity contribution in [2.45, 2.75) is 11.3 Å². The van der Waals surface area contributed by atoms with Crippen LogP contribution in [0.1, 0.15) is 6.42 Å². The SMILES string of the molecule is O=S(=O)(NCC1=CCNCC1)c1c(F)cc(F)cc1F. The smallest absolute Gasteiger partial charge is 0.246 e. The van der Waals surface area contributed by atoms with Gasteiger partial charge in [0.25, 0.3) is 0 Å². The Bertz CT molecular complexity index is 621. The highest BCUT2D eigenvalue weighted by atomic mass is 32.2. The monoisotopic (exact) mass is 306 g/mol. The van der Waals surface area contributed by atoms with Gasteiger partial charge >= 0.3 is 0 Å². The molecular formula is C12H13F3N2O2S. The maximum absolute atomic E-state index is 13.4. The molecule has 0 unspecified atom stereocenters. The Kier molecular flexibility index (Phi) is 4.46. The first-order valence-corrected chi connectivity index (χ1v) is 7.41. The van der Waals surface area contributed by atoms with Crippen LogP contribution in [0.2, 0.25) is 0 Å². The fourth-order valence-corrected chi connectivity index (χ4v) is 3.03. The van der Waals surface area contributed by atoms with Crippen molar-refractivity contribution in [1.82, 2.24) is 10.0 Å². The van der Waals surface area contributed by atoms with E-state index in [4.69, 9.17) is 0 Å². The number of benzene rings is 1. The summed E-state index contributed by atoms with van der Waals surface area (Å²) in [5.41, 5.74) is 0.829. The molecule has 1 aliphatic heterocycles. The van der Waals surface area contributed by atoms with E-state index in [1.807, 2.05) is 6.08 Å². The lowest BCUT2D eigenvalue weighted by atomic mass is 10.1. The van der Waals surface area contributed by atoms with Gasteiger partial charge in [-0.05, 0) is 13.0 Å². The molecule has 0 spiro atoms. The van der Waals surface area contributed by atoms with E-state index in [9.17, 15) is 21.6 Å². The van der Waals surface area contributed by atoms with Crippen LogP contribution in [0.4, 0.5) is 13.2 Å². The zero-order valence-corrected chi connectivity index (χ0v) is 11.2. The zero-order valence-electron chi connectivity index (χ0n) is 10.4. The molecule has 4 nitrogen and oxygen atoms in total. The lowest BCUT2D eigenvalue weighted by molar-refractivity contribution is 0.494. The molecule has 110 valence electrons. The molecule has 2 rings (SSSR count). The van der Waals surface area contributed by atoms with Gasteiger partial charge in [0.05, 0.1) is 0 Å². The summed E-state index contributed by atoms with van der Waals surface area (Å²) >= 11 is 0. The zero-order chi connectivity index (χ0) is 14.8. The largest absolute Gasteiger partial charge is 0.313 e. The third-order valence-electron chi connectivity index (χ3n) is 2.88. The Morgan fingerprint density at radius 1 is 1.20 bits per heavy atom. The number of hydrogen-bond acceptors (Lipinski definition) is 3. The number of sulfonamides is 1. The first-order valence-electron chi connectivity index (χ1n) is 5.93. The van der Waals surface area contributed by atoms with Gasteiger partial charge in [-0.15, -0.1) is 0 Å². The minimum atomic E-state index is -4.37. The lowest BCUT2D eigenvalue weighted by Gasteiger charge is -2.15. The molecule has 0 fully saturated rings. The second kappa shape index (κ2) is 5.94. The maximum Gasteiger partial charge on any atom is 0.246 e. The third-order valence-corrected chi connectivity index (χ3v) is 4.33. The molecule has 1 aliphatic rings. The highest BCUT2D eigenvalue weighted by Gasteiger charge is 2.25. The maximum atomic E-state index is 13.4. The summed E-state index contributed by atoms with van der Waals surface area (Å²) in [6.45, 7) is 1.31. The topological polar surface area (TPSA) is 58.2 Å². The second-order valence-corrected chi connectivity index (χ2v) is 6.04. The summed E-state index contributed by atoms with van der Waals surface area (Å²) in [5.74, 6) is -4.07. The molecule has 0 aromatic heterocycles. The van der Waals surface area contributed by atoms with Crippen molar-refractivity contribution in [2.75, 3.05) is 19.6 Å². The van der Waals surface area contributed by atoms with E-state index in [-0.39, 0.29) is 6.54 Å². The van der Waals surface area contributed by atoms with E-state index in [1.54, 1.807) is 0 Å². The highest BCUT2D eigenvalue weighted by Crippen LogP contribution is 2.20. The molecule has 0 atom stereocenters. The van der Waals surface area contributed by atoms with E-state index in [1.165, 1.54) is 0 Å². The average molecular weight is 306 g/mol. The molecule has 1 aromatic rings. The Morgan fingerprint density at radius 3 is 2.40 bits per heavy atom. The molecule has 0 aliphatic carbocycles. The number of hydrogen-bond donors (Lipinski definition) is 2. The van der Waals surface area contributed by atoms with Crippen LogP contribution < -0.4 is 10.0 Å². The Labute approximate surface area is 114 Å². The third kappa shape index (κ3) is 3.38. The first kappa shape index (κ1) is 15.0. The summed E-state index contributed by atoms with van der Waals surface area (Å²) in [6.07, 6.45) is 2.46. The standard InChI is InChI=1S/C12H13F3N2O2S/c13-9-5-10(14)12(11(15)6-9)20(18,19)17-7-8-1-3-16-4-2-8/h1,5-6,16-17H,2-4,7H2. The normalized spacial score (nSPS) is 16.1. The van der Waals surface area contributed by atoms with Crippen LogP contribution >= 0.6 is 0 Å². The minimum Gasteiger partial charge on any atom is -0.313 e. The van der Waals surface area contributed by atoms with Crippen molar-refractivity contribution in [3.63, 3.8) is 0 Å². The van der Waals surface area contributed by atoms with Crippen molar-refractivity contribution in [3.05, 3.63) is 41.2 Å². The summed E-state index contributed by atoms with van der Waals surface area (Å²) in [7, 11) is -4.37. The van der Waals surface area contributed by atoms with Crippen LogP contribution in [-0.4, -0.2) is 28.1 Å². The van der Waals surface area contributed by atoms with Gasteiger partial charge < -0.3 is 5.32 Å². The van der Waals surface area contributed by atoms with E-state index >= 15 is 0 Å². The van der Waals surface area contributed by atoms with Crippen LogP contribution in [0, 0.1) is 17.5 Å². The van der Waals surface area contributed by atoms with Crippen molar-refractivity contribution in [1.29, 1.82) is 0 Å². The van der Waals surface area contributed by atoms with Gasteiger partial charge in [-0.25, -0.2) is 26.3 Å². The summed E-state index contributed by atoms with van der Waals surface area (Å²) in [5, 5.41) is 3.05. The lowest BCUT2D eigenvalue weighted by Crippen LogP contribution is -2.30. The molecule has 0 amide bonds. The molecular weight excluding hydrogens is 293 g/mol. The number of halogens is 3. The number of nitrogens with one attached hydrogen (secondary N) is 2. The Balaban J connectivity index is 2.20. The van der Waals surface area contributed by atoms with Gasteiger partial charge in [0, 0.05) is 25.2 Å². The summed E-state index contributed by atoms with van der Waals surface area (Å²) in [4.78, 5) is -1.16. The molecule has 0 saturated carbocycles. The van der Waals surface area contributed by atoms with E-state index in [0.717, 1.165) is 5.57 Å². The van der Waals surface area contributed by atoms with Gasteiger partial charge in [-0.1, -0.05) is 11.6 Å². The second-order valence-electron chi connectivity index (χ2n) is 4.34. The molecule has 1 heterocycles. The van der Waals surface area contributed by atoms with Crippen LogP contribution in [-0.2, 0) is 10.0 Å². The first-order chi connectivity index (χ1) is 9.40. The van der Waals surface area contributed by atoms with Crippen LogP contribution in [0.25, 0.3) is 0 Å². The van der Waals surface area contributed by atoms with E-state index in [0.29, 0.717) is 31.6 Å². The van der Waals surface area contributed by atoms with E-state index < -0.39 is 32.4 Å². The van der Waals surface area contributed by atoms with Gasteiger partial charge in [0.1, 0.15) is 17.5 Å². The summed E-state index contributed by atoms with van der Waals surface area (Å²) < 4.78 is 65.5. The van der Waals surface area contributed by atoms with Crippen molar-refractivity contribution in [3.8, 4) is 0 Å². The molecule has 8 heteroatoms. The van der Waals surface area contributed by atoms with Crippen LogP contribution in [0.15, 0.2) is 28.7 Å². The molecule has 2 N–H and O–H groups in total. The average Bonchev–Trinajstić information content (AvgIpc) is 2.36. The van der Waals surface area contributed by atoms with Gasteiger partial charge in [-0.3, -0.25) is 0 Å². The van der Waals surface area contributed by atoms with Crippen LogP contribution in [0.5, 0.6) is 0 Å². The predicted molar refractivity (Wildman–Crippen MR) is 67.1 cm³/mol.